The lowest BCUT2D eigenvalue weighted by molar-refractivity contribution is -0.125. The van der Waals surface area contributed by atoms with E-state index >= 15 is 0 Å². The molecule has 0 amide bonds. The number of hydrogen-bond acceptors (Lipinski definition) is 1. The van der Waals surface area contributed by atoms with Crippen molar-refractivity contribution in [1.82, 2.24) is 0 Å². The molecule has 0 N–H and O–H groups in total. The molecule has 0 saturated heterocycles. The number of hydrogen-bond donors (Lipinski definition) is 0. The highest BCUT2D eigenvalue weighted by Gasteiger charge is 2.23. The monoisotopic (exact) mass is 194 g/mol. The van der Waals surface area contributed by atoms with Crippen LogP contribution in [0, 0.1) is 11.8 Å². The van der Waals surface area contributed by atoms with Crippen molar-refractivity contribution in [2.45, 2.75) is 52.9 Å². The molecule has 0 aromatic carbocycles. The van der Waals surface area contributed by atoms with E-state index in [1.54, 1.807) is 0 Å². The van der Waals surface area contributed by atoms with E-state index in [9.17, 15) is 4.79 Å². The van der Waals surface area contributed by atoms with Crippen LogP contribution in [0.1, 0.15) is 52.9 Å². The summed E-state index contributed by atoms with van der Waals surface area (Å²) in [4.78, 5) is 12.0. The van der Waals surface area contributed by atoms with Gasteiger partial charge in [0.05, 0.1) is 0 Å². The first-order valence-electron chi connectivity index (χ1n) is 5.80. The fourth-order valence-corrected chi connectivity index (χ4v) is 2.34. The van der Waals surface area contributed by atoms with Crippen LogP contribution >= 0.6 is 0 Å². The molecule has 1 fully saturated rings. The van der Waals surface area contributed by atoms with Gasteiger partial charge in [0.25, 0.3) is 0 Å². The van der Waals surface area contributed by atoms with E-state index in [0.29, 0.717) is 11.7 Å². The van der Waals surface area contributed by atoms with Crippen LogP contribution in [0.4, 0.5) is 0 Å². The molecule has 0 aromatic rings. The summed E-state index contributed by atoms with van der Waals surface area (Å²) < 4.78 is 0. The molecule has 0 radical (unpaired) electrons. The zero-order valence-corrected chi connectivity index (χ0v) is 9.68. The predicted octanol–water partition coefficient (Wildman–Crippen LogP) is 3.74. The van der Waals surface area contributed by atoms with E-state index in [0.717, 1.165) is 12.8 Å². The van der Waals surface area contributed by atoms with Crippen molar-refractivity contribution in [2.24, 2.45) is 11.8 Å². The minimum absolute atomic E-state index is 0.128. The highest BCUT2D eigenvalue weighted by Crippen LogP contribution is 2.27. The van der Waals surface area contributed by atoms with Gasteiger partial charge in [-0.3, -0.25) is 4.79 Å². The molecule has 0 heterocycles. The van der Waals surface area contributed by atoms with Gasteiger partial charge >= 0.3 is 0 Å². The lowest BCUT2D eigenvalue weighted by Crippen LogP contribution is -2.22. The van der Waals surface area contributed by atoms with Crippen molar-refractivity contribution >= 4 is 5.78 Å². The van der Waals surface area contributed by atoms with Gasteiger partial charge in [-0.15, -0.1) is 0 Å². The Balaban J connectivity index is 2.50. The maximum absolute atomic E-state index is 12.0. The number of carbonyl (C=O) groups excluding carboxylic acids is 1. The van der Waals surface area contributed by atoms with Crippen LogP contribution in [0.5, 0.6) is 0 Å². The SMILES string of the molecule is CC(C)=CC(C)C(=O)C1CCCCC1. The van der Waals surface area contributed by atoms with Crippen molar-refractivity contribution in [2.75, 3.05) is 0 Å². The molecular weight excluding hydrogens is 172 g/mol. The average molecular weight is 194 g/mol. The quantitative estimate of drug-likeness (QED) is 0.625. The Hall–Kier alpha value is -0.590. The van der Waals surface area contributed by atoms with Gasteiger partial charge in [-0.2, -0.15) is 0 Å². The molecule has 0 aromatic heterocycles. The van der Waals surface area contributed by atoms with Gasteiger partial charge in [-0.05, 0) is 26.7 Å². The molecule has 0 bridgehead atoms. The number of Topliss-reactive ketones (excluding diaryl/α,β-unsaturated/α-hetero) is 1. The van der Waals surface area contributed by atoms with Crippen molar-refractivity contribution in [3.8, 4) is 0 Å². The summed E-state index contributed by atoms with van der Waals surface area (Å²) in [6.07, 6.45) is 8.16. The summed E-state index contributed by atoms with van der Waals surface area (Å²) in [5.41, 5.74) is 1.25. The van der Waals surface area contributed by atoms with Crippen LogP contribution in [-0.2, 0) is 4.79 Å². The van der Waals surface area contributed by atoms with Crippen LogP contribution < -0.4 is 0 Å². The summed E-state index contributed by atoms with van der Waals surface area (Å²) in [5, 5.41) is 0. The Kier molecular flexibility index (Phi) is 4.37. The summed E-state index contributed by atoms with van der Waals surface area (Å²) >= 11 is 0. The number of rotatable bonds is 3. The summed E-state index contributed by atoms with van der Waals surface area (Å²) in [6, 6.07) is 0. The summed E-state index contributed by atoms with van der Waals surface area (Å²) in [6.45, 7) is 6.15. The van der Waals surface area contributed by atoms with Gasteiger partial charge in [0, 0.05) is 11.8 Å². The smallest absolute Gasteiger partial charge is 0.142 e. The summed E-state index contributed by atoms with van der Waals surface area (Å²) in [5.74, 6) is 0.948. The van der Waals surface area contributed by atoms with E-state index in [1.807, 2.05) is 6.92 Å². The van der Waals surface area contributed by atoms with Crippen LogP contribution in [0.3, 0.4) is 0 Å². The minimum Gasteiger partial charge on any atom is -0.299 e. The Bertz CT molecular complexity index is 217. The molecule has 1 atom stereocenters. The Morgan fingerprint density at radius 2 is 1.79 bits per heavy atom. The zero-order chi connectivity index (χ0) is 10.6. The van der Waals surface area contributed by atoms with Crippen molar-refractivity contribution in [3.63, 3.8) is 0 Å². The standard InChI is InChI=1S/C13H22O/c1-10(2)9-11(3)13(14)12-7-5-4-6-8-12/h9,11-12H,4-8H2,1-3H3. The van der Waals surface area contributed by atoms with Gasteiger partial charge in [-0.25, -0.2) is 0 Å². The molecule has 1 aliphatic carbocycles. The maximum atomic E-state index is 12.0. The fraction of sp³-hybridized carbons (Fsp3) is 0.769. The van der Waals surface area contributed by atoms with Crippen molar-refractivity contribution in [3.05, 3.63) is 11.6 Å². The molecule has 0 aliphatic heterocycles. The van der Waals surface area contributed by atoms with Gasteiger partial charge < -0.3 is 0 Å². The molecular formula is C13H22O. The summed E-state index contributed by atoms with van der Waals surface area (Å²) in [7, 11) is 0. The van der Waals surface area contributed by atoms with Crippen molar-refractivity contribution in [1.29, 1.82) is 0 Å². The Labute approximate surface area is 87.6 Å². The second-order valence-electron chi connectivity index (χ2n) is 4.77. The number of ketones is 1. The van der Waals surface area contributed by atoms with E-state index in [-0.39, 0.29) is 5.92 Å². The van der Waals surface area contributed by atoms with E-state index in [4.69, 9.17) is 0 Å². The fourth-order valence-electron chi connectivity index (χ4n) is 2.34. The highest BCUT2D eigenvalue weighted by molar-refractivity contribution is 5.84. The molecule has 1 unspecified atom stereocenters. The van der Waals surface area contributed by atoms with Gasteiger partial charge in [-0.1, -0.05) is 37.8 Å². The molecule has 14 heavy (non-hydrogen) atoms. The van der Waals surface area contributed by atoms with Gasteiger partial charge in [0.1, 0.15) is 5.78 Å². The lowest BCUT2D eigenvalue weighted by atomic mass is 9.82. The highest BCUT2D eigenvalue weighted by atomic mass is 16.1. The van der Waals surface area contributed by atoms with E-state index in [1.165, 1.54) is 24.8 Å². The van der Waals surface area contributed by atoms with Crippen molar-refractivity contribution < 1.29 is 4.79 Å². The van der Waals surface area contributed by atoms with Crippen LogP contribution in [0.15, 0.2) is 11.6 Å². The van der Waals surface area contributed by atoms with E-state index < -0.39 is 0 Å². The molecule has 1 nitrogen and oxygen atoms in total. The third-order valence-corrected chi connectivity index (χ3v) is 3.04. The number of allylic oxidation sites excluding steroid dienone is 2. The third kappa shape index (κ3) is 3.28. The first kappa shape index (κ1) is 11.5. The second-order valence-corrected chi connectivity index (χ2v) is 4.77. The van der Waals surface area contributed by atoms with Crippen LogP contribution in [0.2, 0.25) is 0 Å². The predicted molar refractivity (Wildman–Crippen MR) is 60.2 cm³/mol. The topological polar surface area (TPSA) is 17.1 Å². The van der Waals surface area contributed by atoms with Gasteiger partial charge in [0.15, 0.2) is 0 Å². The molecule has 1 rings (SSSR count). The molecule has 1 aliphatic rings. The first-order chi connectivity index (χ1) is 6.61. The molecule has 1 saturated carbocycles. The largest absolute Gasteiger partial charge is 0.299 e. The maximum Gasteiger partial charge on any atom is 0.142 e. The van der Waals surface area contributed by atoms with Crippen LogP contribution in [-0.4, -0.2) is 5.78 Å². The Morgan fingerprint density at radius 1 is 1.21 bits per heavy atom. The number of carbonyl (C=O) groups is 1. The Morgan fingerprint density at radius 3 is 2.29 bits per heavy atom. The molecule has 0 spiro atoms. The average Bonchev–Trinajstić information content (AvgIpc) is 2.17. The third-order valence-electron chi connectivity index (χ3n) is 3.04. The minimum atomic E-state index is 0.128. The lowest BCUT2D eigenvalue weighted by Gasteiger charge is -2.22. The molecule has 80 valence electrons. The normalized spacial score (nSPS) is 20.2. The first-order valence-corrected chi connectivity index (χ1v) is 5.80. The zero-order valence-electron chi connectivity index (χ0n) is 9.68. The van der Waals surface area contributed by atoms with Crippen LogP contribution in [0.25, 0.3) is 0 Å². The molecule has 1 heteroatoms. The second kappa shape index (κ2) is 5.33. The van der Waals surface area contributed by atoms with Gasteiger partial charge in [0.2, 0.25) is 0 Å². The van der Waals surface area contributed by atoms with E-state index in [2.05, 4.69) is 19.9 Å².